The van der Waals surface area contributed by atoms with Crippen LogP contribution in [0.1, 0.15) is 45.7 Å². The molecule has 0 aliphatic heterocycles. The largest absolute Gasteiger partial charge is 0.223 e. The van der Waals surface area contributed by atoms with Gasteiger partial charge < -0.3 is 0 Å². The molecule has 0 N–H and O–H groups in total. The summed E-state index contributed by atoms with van der Waals surface area (Å²) in [6.45, 7) is 11.5. The topological polar surface area (TPSA) is 0 Å². The number of benzene rings is 1. The zero-order valence-corrected chi connectivity index (χ0v) is 16.0. The molecule has 0 radical (unpaired) electrons. The Morgan fingerprint density at radius 2 is 1.44 bits per heavy atom. The average Bonchev–Trinajstić information content (AvgIpc) is 2.12. The van der Waals surface area contributed by atoms with Crippen LogP contribution < -0.4 is 0 Å². The first kappa shape index (κ1) is 16.4. The van der Waals surface area contributed by atoms with E-state index in [2.05, 4.69) is 94.2 Å². The van der Waals surface area contributed by atoms with Crippen LogP contribution in [0, 0.1) is 0 Å². The van der Waals surface area contributed by atoms with Crippen molar-refractivity contribution in [3.63, 3.8) is 0 Å². The molecule has 0 saturated carbocycles. The molecule has 0 aromatic heterocycles. The van der Waals surface area contributed by atoms with Crippen LogP contribution in [0.25, 0.3) is 0 Å². The second-order valence-corrected chi connectivity index (χ2v) is 14.1. The van der Waals surface area contributed by atoms with E-state index in [1.165, 1.54) is 11.1 Å². The van der Waals surface area contributed by atoms with E-state index in [1.54, 1.807) is 4.90 Å². The lowest BCUT2D eigenvalue weighted by Crippen LogP contribution is -2.17. The maximum Gasteiger partial charge on any atom is 0.0414 e. The third-order valence-electron chi connectivity index (χ3n) is 3.13. The summed E-state index contributed by atoms with van der Waals surface area (Å²) >= 11 is 2.53. The van der Waals surface area contributed by atoms with Gasteiger partial charge in [-0.15, -0.1) is 0 Å². The van der Waals surface area contributed by atoms with Crippen molar-refractivity contribution in [2.45, 2.75) is 48.4 Å². The molecule has 0 heterocycles. The van der Waals surface area contributed by atoms with Gasteiger partial charge in [-0.1, -0.05) is 55.5 Å². The van der Waals surface area contributed by atoms with Crippen molar-refractivity contribution in [1.82, 2.24) is 0 Å². The maximum absolute atomic E-state index is 2.53. The van der Waals surface area contributed by atoms with E-state index >= 15 is 0 Å². The molecule has 0 atom stereocenters. The highest BCUT2D eigenvalue weighted by atomic mass is 127. The van der Waals surface area contributed by atoms with E-state index in [-0.39, 0.29) is 8.84 Å². The summed E-state index contributed by atoms with van der Waals surface area (Å²) in [6, 6.07) is 7.11. The molecule has 18 heavy (non-hydrogen) atoms. The summed E-state index contributed by atoms with van der Waals surface area (Å²) in [6.07, 6.45) is 7.14. The first-order chi connectivity index (χ1) is 7.83. The van der Waals surface area contributed by atoms with Gasteiger partial charge in [0, 0.05) is 3.42 Å². The summed E-state index contributed by atoms with van der Waals surface area (Å²) in [7, 11) is -0.681. The second kappa shape index (κ2) is 5.01. The minimum absolute atomic E-state index is 0.198. The lowest BCUT2D eigenvalue weighted by atomic mass is 9.85. The standard InChI is InChI=1S/C16H27IS/c1-15(2,3)13-11-12(16(4,5)17)9-10-14(13)18(6,7)8/h9-11H,1-8H3. The number of hydrogen-bond acceptors (Lipinski definition) is 0. The third-order valence-corrected chi connectivity index (χ3v) is 5.43. The molecule has 0 fully saturated rings. The molecule has 0 nitrogen and oxygen atoms in total. The van der Waals surface area contributed by atoms with E-state index < -0.39 is 10.0 Å². The molecule has 1 aromatic rings. The summed E-state index contributed by atoms with van der Waals surface area (Å²) in [5.41, 5.74) is 3.17. The first-order valence-electron chi connectivity index (χ1n) is 6.36. The molecule has 2 heteroatoms. The molecule has 0 saturated heterocycles. The van der Waals surface area contributed by atoms with Crippen LogP contribution in [0.4, 0.5) is 0 Å². The Morgan fingerprint density at radius 1 is 0.944 bits per heavy atom. The predicted octanol–water partition coefficient (Wildman–Crippen LogP) is 5.71. The summed E-state index contributed by atoms with van der Waals surface area (Å²) in [5.74, 6) is 0. The number of alkyl halides is 1. The van der Waals surface area contributed by atoms with Crippen molar-refractivity contribution in [1.29, 1.82) is 0 Å². The maximum atomic E-state index is 2.53. The highest BCUT2D eigenvalue weighted by molar-refractivity contribution is 14.1. The SMILES string of the molecule is CC(C)(C)c1cc(C(C)(C)I)ccc1S(C)(C)C. The Morgan fingerprint density at radius 3 is 1.78 bits per heavy atom. The molecule has 0 bridgehead atoms. The monoisotopic (exact) mass is 378 g/mol. The van der Waals surface area contributed by atoms with Gasteiger partial charge in [0.1, 0.15) is 0 Å². The van der Waals surface area contributed by atoms with Crippen molar-refractivity contribution in [3.8, 4) is 0 Å². The predicted molar refractivity (Wildman–Crippen MR) is 95.8 cm³/mol. The van der Waals surface area contributed by atoms with Crippen LogP contribution in [0.3, 0.4) is 0 Å². The van der Waals surface area contributed by atoms with Gasteiger partial charge in [0.15, 0.2) is 0 Å². The number of hydrogen-bond donors (Lipinski definition) is 0. The van der Waals surface area contributed by atoms with Crippen molar-refractivity contribution >= 4 is 32.6 Å². The number of rotatable bonds is 2. The summed E-state index contributed by atoms with van der Waals surface area (Å²) in [4.78, 5) is 1.56. The molecular formula is C16H27IS. The highest BCUT2D eigenvalue weighted by Gasteiger charge is 2.25. The summed E-state index contributed by atoms with van der Waals surface area (Å²) < 4.78 is 0.198. The smallest absolute Gasteiger partial charge is 0.0414 e. The minimum Gasteiger partial charge on any atom is -0.223 e. The fourth-order valence-electron chi connectivity index (χ4n) is 2.02. The van der Waals surface area contributed by atoms with Crippen LogP contribution in [-0.4, -0.2) is 18.8 Å². The van der Waals surface area contributed by atoms with Crippen molar-refractivity contribution in [3.05, 3.63) is 29.3 Å². The zero-order chi connectivity index (χ0) is 14.4. The fourth-order valence-corrected chi connectivity index (χ4v) is 3.86. The number of halogens is 1. The van der Waals surface area contributed by atoms with Crippen molar-refractivity contribution < 1.29 is 0 Å². The van der Waals surface area contributed by atoms with Gasteiger partial charge in [0.05, 0.1) is 0 Å². The first-order valence-corrected chi connectivity index (χ1v) is 10.3. The third kappa shape index (κ3) is 3.89. The Balaban J connectivity index is 3.50. The Kier molecular flexibility index (Phi) is 4.55. The minimum atomic E-state index is -0.681. The second-order valence-electron chi connectivity index (χ2n) is 7.27. The van der Waals surface area contributed by atoms with Crippen molar-refractivity contribution in [2.24, 2.45) is 0 Å². The Bertz CT molecular complexity index is 428. The molecule has 0 unspecified atom stereocenters. The Hall–Kier alpha value is 0.300. The average molecular weight is 378 g/mol. The van der Waals surface area contributed by atoms with Crippen LogP contribution >= 0.6 is 32.6 Å². The van der Waals surface area contributed by atoms with Gasteiger partial charge in [0.25, 0.3) is 0 Å². The molecule has 1 aromatic carbocycles. The van der Waals surface area contributed by atoms with Gasteiger partial charge in [-0.2, -0.15) is 0 Å². The molecule has 1 rings (SSSR count). The summed E-state index contributed by atoms with van der Waals surface area (Å²) in [5, 5.41) is 0. The van der Waals surface area contributed by atoms with Gasteiger partial charge in [-0.25, -0.2) is 10.0 Å². The van der Waals surface area contributed by atoms with Crippen LogP contribution in [0.15, 0.2) is 23.1 Å². The van der Waals surface area contributed by atoms with E-state index in [0.717, 1.165) is 0 Å². The van der Waals surface area contributed by atoms with E-state index in [9.17, 15) is 0 Å². The van der Waals surface area contributed by atoms with E-state index in [4.69, 9.17) is 0 Å². The van der Waals surface area contributed by atoms with Crippen LogP contribution in [0.2, 0.25) is 0 Å². The molecule has 0 amide bonds. The zero-order valence-electron chi connectivity index (χ0n) is 13.0. The molecular weight excluding hydrogens is 351 g/mol. The molecule has 0 spiro atoms. The molecule has 0 aliphatic rings. The van der Waals surface area contributed by atoms with Crippen molar-refractivity contribution in [2.75, 3.05) is 18.8 Å². The van der Waals surface area contributed by atoms with Gasteiger partial charge in [-0.05, 0) is 60.1 Å². The normalized spacial score (nSPS) is 14.7. The Labute approximate surface area is 128 Å². The van der Waals surface area contributed by atoms with Crippen LogP contribution in [-0.2, 0) is 8.84 Å². The molecule has 104 valence electrons. The van der Waals surface area contributed by atoms with Gasteiger partial charge in [-0.3, -0.25) is 0 Å². The van der Waals surface area contributed by atoms with E-state index in [0.29, 0.717) is 0 Å². The fraction of sp³-hybridized carbons (Fsp3) is 0.625. The lowest BCUT2D eigenvalue weighted by Gasteiger charge is -2.35. The van der Waals surface area contributed by atoms with Gasteiger partial charge in [0.2, 0.25) is 0 Å². The van der Waals surface area contributed by atoms with Crippen LogP contribution in [0.5, 0.6) is 0 Å². The molecule has 0 aliphatic carbocycles. The highest BCUT2D eigenvalue weighted by Crippen LogP contribution is 2.50. The quantitative estimate of drug-likeness (QED) is 0.457. The van der Waals surface area contributed by atoms with Gasteiger partial charge >= 0.3 is 0 Å². The van der Waals surface area contributed by atoms with E-state index in [1.807, 2.05) is 0 Å². The lowest BCUT2D eigenvalue weighted by molar-refractivity contribution is 0.575.